The molecule has 1 aromatic rings. The third-order valence-corrected chi connectivity index (χ3v) is 2.36. The normalized spacial score (nSPS) is 10.3. The highest BCUT2D eigenvalue weighted by molar-refractivity contribution is 5.91. The SMILES string of the molecule is CCCCOCCOc1cc(N)ccc1C(=O)O. The van der Waals surface area contributed by atoms with Gasteiger partial charge in [0.1, 0.15) is 17.9 Å². The number of hydrogen-bond acceptors (Lipinski definition) is 4. The van der Waals surface area contributed by atoms with Gasteiger partial charge in [0.25, 0.3) is 0 Å². The fraction of sp³-hybridized carbons (Fsp3) is 0.462. The van der Waals surface area contributed by atoms with E-state index in [1.54, 1.807) is 0 Å². The Morgan fingerprint density at radius 3 is 2.78 bits per heavy atom. The van der Waals surface area contributed by atoms with Gasteiger partial charge in [0.2, 0.25) is 0 Å². The number of ether oxygens (including phenoxy) is 2. The zero-order valence-electron chi connectivity index (χ0n) is 10.5. The van der Waals surface area contributed by atoms with Crippen molar-refractivity contribution in [3.8, 4) is 5.75 Å². The number of rotatable bonds is 8. The molecular weight excluding hydrogens is 234 g/mol. The summed E-state index contributed by atoms with van der Waals surface area (Å²) >= 11 is 0. The second-order valence-corrected chi connectivity index (χ2v) is 3.88. The molecule has 0 aliphatic rings. The highest BCUT2D eigenvalue weighted by Crippen LogP contribution is 2.21. The van der Waals surface area contributed by atoms with E-state index < -0.39 is 5.97 Å². The highest BCUT2D eigenvalue weighted by Gasteiger charge is 2.11. The first-order valence-corrected chi connectivity index (χ1v) is 5.98. The summed E-state index contributed by atoms with van der Waals surface area (Å²) < 4.78 is 10.7. The molecular formula is C13H19NO4. The van der Waals surface area contributed by atoms with Gasteiger partial charge in [-0.3, -0.25) is 0 Å². The van der Waals surface area contributed by atoms with E-state index in [0.717, 1.165) is 12.8 Å². The van der Waals surface area contributed by atoms with Crippen molar-refractivity contribution in [3.63, 3.8) is 0 Å². The molecule has 0 spiro atoms. The topological polar surface area (TPSA) is 81.8 Å². The van der Waals surface area contributed by atoms with Crippen LogP contribution >= 0.6 is 0 Å². The zero-order chi connectivity index (χ0) is 13.4. The summed E-state index contributed by atoms with van der Waals surface area (Å²) in [7, 11) is 0. The minimum Gasteiger partial charge on any atom is -0.490 e. The lowest BCUT2D eigenvalue weighted by Crippen LogP contribution is -2.10. The third-order valence-electron chi connectivity index (χ3n) is 2.36. The quantitative estimate of drug-likeness (QED) is 0.548. The van der Waals surface area contributed by atoms with Crippen LogP contribution < -0.4 is 10.5 Å². The number of carbonyl (C=O) groups is 1. The first kappa shape index (κ1) is 14.3. The minimum atomic E-state index is -1.03. The highest BCUT2D eigenvalue weighted by atomic mass is 16.5. The Morgan fingerprint density at radius 2 is 2.11 bits per heavy atom. The Balaban J connectivity index is 2.45. The molecule has 0 atom stereocenters. The number of anilines is 1. The average molecular weight is 253 g/mol. The molecule has 0 aliphatic carbocycles. The maximum atomic E-state index is 11.0. The standard InChI is InChI=1S/C13H19NO4/c1-2-3-6-17-7-8-18-12-9-10(14)4-5-11(12)13(15)16/h4-5,9H,2-3,6-8,14H2,1H3,(H,15,16). The average Bonchev–Trinajstić information content (AvgIpc) is 2.33. The van der Waals surface area contributed by atoms with Gasteiger partial charge in [-0.1, -0.05) is 13.3 Å². The summed E-state index contributed by atoms with van der Waals surface area (Å²) in [6.45, 7) is 3.54. The number of carboxylic acid groups (broad SMARTS) is 1. The van der Waals surface area contributed by atoms with Gasteiger partial charge >= 0.3 is 5.97 Å². The molecule has 0 fully saturated rings. The molecule has 100 valence electrons. The predicted octanol–water partition coefficient (Wildman–Crippen LogP) is 2.16. The fourth-order valence-electron chi connectivity index (χ4n) is 1.39. The van der Waals surface area contributed by atoms with Crippen LogP contribution in [0.3, 0.4) is 0 Å². The smallest absolute Gasteiger partial charge is 0.339 e. The summed E-state index contributed by atoms with van der Waals surface area (Å²) in [6, 6.07) is 4.48. The minimum absolute atomic E-state index is 0.109. The van der Waals surface area contributed by atoms with Gasteiger partial charge in [0.05, 0.1) is 6.61 Å². The Hall–Kier alpha value is -1.75. The second kappa shape index (κ2) is 7.55. The molecule has 0 amide bonds. The van der Waals surface area contributed by atoms with Crippen molar-refractivity contribution >= 4 is 11.7 Å². The van der Waals surface area contributed by atoms with Gasteiger partial charge in [-0.05, 0) is 18.6 Å². The lowest BCUT2D eigenvalue weighted by molar-refractivity contribution is 0.0685. The van der Waals surface area contributed by atoms with Crippen LogP contribution in [0.15, 0.2) is 18.2 Å². The lowest BCUT2D eigenvalue weighted by Gasteiger charge is -2.10. The van der Waals surface area contributed by atoms with Crippen molar-refractivity contribution in [2.75, 3.05) is 25.6 Å². The zero-order valence-corrected chi connectivity index (χ0v) is 10.5. The number of hydrogen-bond donors (Lipinski definition) is 2. The summed E-state index contributed by atoms with van der Waals surface area (Å²) in [4.78, 5) is 11.0. The van der Waals surface area contributed by atoms with Gasteiger partial charge in [-0.25, -0.2) is 4.79 Å². The number of carboxylic acids is 1. The maximum absolute atomic E-state index is 11.0. The Morgan fingerprint density at radius 1 is 1.33 bits per heavy atom. The van der Waals surface area contributed by atoms with Crippen molar-refractivity contribution in [2.45, 2.75) is 19.8 Å². The summed E-state index contributed by atoms with van der Waals surface area (Å²) in [5, 5.41) is 8.98. The molecule has 0 bridgehead atoms. The molecule has 18 heavy (non-hydrogen) atoms. The number of nitrogen functional groups attached to an aromatic ring is 1. The van der Waals surface area contributed by atoms with E-state index in [-0.39, 0.29) is 11.3 Å². The van der Waals surface area contributed by atoms with E-state index in [2.05, 4.69) is 6.92 Å². The molecule has 1 rings (SSSR count). The largest absolute Gasteiger partial charge is 0.490 e. The molecule has 5 nitrogen and oxygen atoms in total. The van der Waals surface area contributed by atoms with Crippen molar-refractivity contribution < 1.29 is 19.4 Å². The van der Waals surface area contributed by atoms with Crippen molar-refractivity contribution in [1.29, 1.82) is 0 Å². The number of aromatic carboxylic acids is 1. The summed E-state index contributed by atoms with van der Waals surface area (Å²) in [5.74, 6) is -0.751. The van der Waals surface area contributed by atoms with Gasteiger partial charge in [0, 0.05) is 18.4 Å². The van der Waals surface area contributed by atoms with Crippen LogP contribution in [-0.2, 0) is 4.74 Å². The van der Waals surface area contributed by atoms with Crippen molar-refractivity contribution in [3.05, 3.63) is 23.8 Å². The third kappa shape index (κ3) is 4.63. The van der Waals surface area contributed by atoms with E-state index in [1.165, 1.54) is 18.2 Å². The van der Waals surface area contributed by atoms with E-state index in [1.807, 2.05) is 0 Å². The van der Waals surface area contributed by atoms with Crippen LogP contribution in [-0.4, -0.2) is 30.9 Å². The molecule has 0 radical (unpaired) electrons. The number of unbranched alkanes of at least 4 members (excludes halogenated alkanes) is 1. The van der Waals surface area contributed by atoms with Crippen molar-refractivity contribution in [1.82, 2.24) is 0 Å². The van der Waals surface area contributed by atoms with E-state index in [0.29, 0.717) is 25.5 Å². The molecule has 1 aromatic carbocycles. The summed E-state index contributed by atoms with van der Waals surface area (Å²) in [5.41, 5.74) is 6.18. The molecule has 0 unspecified atom stereocenters. The maximum Gasteiger partial charge on any atom is 0.339 e. The van der Waals surface area contributed by atoms with E-state index in [4.69, 9.17) is 20.3 Å². The second-order valence-electron chi connectivity index (χ2n) is 3.88. The molecule has 0 saturated carbocycles. The van der Waals surface area contributed by atoms with E-state index in [9.17, 15) is 4.79 Å². The molecule has 0 aromatic heterocycles. The Kier molecular flexibility index (Phi) is 6.00. The number of nitrogens with two attached hydrogens (primary N) is 1. The van der Waals surface area contributed by atoms with Crippen LogP contribution in [0.25, 0.3) is 0 Å². The first-order valence-electron chi connectivity index (χ1n) is 5.98. The lowest BCUT2D eigenvalue weighted by atomic mass is 10.2. The summed E-state index contributed by atoms with van der Waals surface area (Å²) in [6.07, 6.45) is 2.10. The van der Waals surface area contributed by atoms with Crippen LogP contribution in [0.2, 0.25) is 0 Å². The van der Waals surface area contributed by atoms with Gasteiger partial charge in [0.15, 0.2) is 0 Å². The van der Waals surface area contributed by atoms with E-state index >= 15 is 0 Å². The van der Waals surface area contributed by atoms with Crippen LogP contribution in [0.1, 0.15) is 30.1 Å². The van der Waals surface area contributed by atoms with Crippen LogP contribution in [0, 0.1) is 0 Å². The van der Waals surface area contributed by atoms with Gasteiger partial charge < -0.3 is 20.3 Å². The number of benzene rings is 1. The van der Waals surface area contributed by atoms with Gasteiger partial charge in [-0.2, -0.15) is 0 Å². The molecule has 3 N–H and O–H groups in total. The van der Waals surface area contributed by atoms with Gasteiger partial charge in [-0.15, -0.1) is 0 Å². The monoisotopic (exact) mass is 253 g/mol. The Labute approximate surface area is 107 Å². The van der Waals surface area contributed by atoms with Crippen LogP contribution in [0.4, 0.5) is 5.69 Å². The molecule has 0 heterocycles. The predicted molar refractivity (Wildman–Crippen MR) is 69.0 cm³/mol. The Bertz CT molecular complexity index is 393. The first-order chi connectivity index (χ1) is 8.65. The fourth-order valence-corrected chi connectivity index (χ4v) is 1.39. The van der Waals surface area contributed by atoms with Crippen LogP contribution in [0.5, 0.6) is 5.75 Å². The molecule has 5 heteroatoms. The molecule has 0 aliphatic heterocycles. The molecule has 0 saturated heterocycles. The van der Waals surface area contributed by atoms with Crippen molar-refractivity contribution in [2.24, 2.45) is 0 Å².